The largest absolute Gasteiger partial charge is 0.416 e. The Kier molecular flexibility index (Phi) is 6.78. The van der Waals surface area contributed by atoms with E-state index in [4.69, 9.17) is 0 Å². The highest BCUT2D eigenvalue weighted by Gasteiger charge is 2.36. The molecule has 0 radical (unpaired) electrons. The number of nitrogens with zero attached hydrogens (tertiary/aromatic N) is 1. The van der Waals surface area contributed by atoms with Crippen molar-refractivity contribution in [2.24, 2.45) is 5.92 Å². The number of sulfonamides is 1. The molecule has 1 aromatic rings. The van der Waals surface area contributed by atoms with Gasteiger partial charge < -0.3 is 10.2 Å². The van der Waals surface area contributed by atoms with Gasteiger partial charge in [0, 0.05) is 37.1 Å². The minimum absolute atomic E-state index is 0.122. The zero-order chi connectivity index (χ0) is 22.1. The fourth-order valence-electron chi connectivity index (χ4n) is 4.35. The van der Waals surface area contributed by atoms with Crippen molar-refractivity contribution in [3.63, 3.8) is 0 Å². The quantitative estimate of drug-likeness (QED) is 0.744. The summed E-state index contributed by atoms with van der Waals surface area (Å²) in [5, 5.41) is 3.30. The third-order valence-electron chi connectivity index (χ3n) is 5.97. The van der Waals surface area contributed by atoms with Gasteiger partial charge in [0.25, 0.3) is 0 Å². The molecule has 1 aliphatic carbocycles. The number of carbonyl (C=O) groups excluding carboxylic acids is 1. The zero-order valence-corrected chi connectivity index (χ0v) is 17.9. The highest BCUT2D eigenvalue weighted by molar-refractivity contribution is 7.89. The number of benzene rings is 1. The predicted molar refractivity (Wildman–Crippen MR) is 106 cm³/mol. The van der Waals surface area contributed by atoms with Gasteiger partial charge in [0.05, 0.1) is 10.5 Å². The van der Waals surface area contributed by atoms with Gasteiger partial charge in [0.15, 0.2) is 0 Å². The zero-order valence-electron chi connectivity index (χ0n) is 17.1. The van der Waals surface area contributed by atoms with E-state index in [0.29, 0.717) is 25.7 Å². The topological polar surface area (TPSA) is 78.5 Å². The van der Waals surface area contributed by atoms with E-state index in [2.05, 4.69) is 10.0 Å². The molecule has 0 bridgehead atoms. The number of carbonyl (C=O) groups is 1. The molecular weight excluding hydrogens is 419 g/mol. The molecule has 2 fully saturated rings. The first-order valence-electron chi connectivity index (χ1n) is 10.2. The van der Waals surface area contributed by atoms with Crippen LogP contribution in [-0.2, 0) is 21.0 Å². The summed E-state index contributed by atoms with van der Waals surface area (Å²) in [7, 11) is -3.92. The van der Waals surface area contributed by atoms with Crippen LogP contribution < -0.4 is 10.0 Å². The van der Waals surface area contributed by atoms with Gasteiger partial charge in [0.1, 0.15) is 0 Å². The molecule has 1 saturated heterocycles. The number of amides is 1. The number of hydrogen-bond donors (Lipinski definition) is 2. The molecule has 10 heteroatoms. The van der Waals surface area contributed by atoms with Crippen LogP contribution in [0.1, 0.15) is 45.1 Å². The summed E-state index contributed by atoms with van der Waals surface area (Å²) in [5.74, 6) is 0.000342. The van der Waals surface area contributed by atoms with E-state index < -0.39 is 21.8 Å². The number of nitrogens with one attached hydrogen (secondary N) is 2. The van der Waals surface area contributed by atoms with Crippen molar-refractivity contribution >= 4 is 15.9 Å². The lowest BCUT2D eigenvalue weighted by Gasteiger charge is -2.42. The second kappa shape index (κ2) is 8.84. The summed E-state index contributed by atoms with van der Waals surface area (Å²) < 4.78 is 65.7. The number of halogens is 3. The molecule has 1 aliphatic heterocycles. The number of rotatable bonds is 4. The Balaban J connectivity index is 1.58. The third kappa shape index (κ3) is 5.15. The van der Waals surface area contributed by atoms with Crippen LogP contribution in [0.2, 0.25) is 0 Å². The van der Waals surface area contributed by atoms with Crippen LogP contribution in [0.15, 0.2) is 29.2 Å². The Morgan fingerprint density at radius 2 is 1.57 bits per heavy atom. The molecule has 168 valence electrons. The monoisotopic (exact) mass is 447 g/mol. The molecule has 0 spiro atoms. The number of alkyl halides is 3. The maximum Gasteiger partial charge on any atom is 0.416 e. The van der Waals surface area contributed by atoms with Crippen LogP contribution >= 0.6 is 0 Å². The van der Waals surface area contributed by atoms with Crippen molar-refractivity contribution in [1.29, 1.82) is 0 Å². The maximum atomic E-state index is 13.0. The second-order valence-electron chi connectivity index (χ2n) is 8.29. The molecule has 2 N–H and O–H groups in total. The van der Waals surface area contributed by atoms with E-state index in [1.165, 1.54) is 0 Å². The summed E-state index contributed by atoms with van der Waals surface area (Å²) in [6, 6.07) is 3.37. The molecule has 6 nitrogen and oxygen atoms in total. The molecule has 30 heavy (non-hydrogen) atoms. The van der Waals surface area contributed by atoms with Crippen molar-refractivity contribution in [2.75, 3.05) is 13.1 Å². The Hall–Kier alpha value is -1.65. The third-order valence-corrected chi connectivity index (χ3v) is 7.51. The van der Waals surface area contributed by atoms with Gasteiger partial charge in [-0.3, -0.25) is 4.79 Å². The summed E-state index contributed by atoms with van der Waals surface area (Å²) in [6.07, 6.45) is -2.30. The second-order valence-corrected chi connectivity index (χ2v) is 10.0. The van der Waals surface area contributed by atoms with E-state index in [1.54, 1.807) is 0 Å². The Morgan fingerprint density at radius 1 is 1.03 bits per heavy atom. The average molecular weight is 448 g/mol. The van der Waals surface area contributed by atoms with Crippen molar-refractivity contribution in [2.45, 2.75) is 68.7 Å². The Labute approximate surface area is 175 Å². The van der Waals surface area contributed by atoms with Crippen molar-refractivity contribution in [3.8, 4) is 0 Å². The molecule has 2 atom stereocenters. The van der Waals surface area contributed by atoms with Gasteiger partial charge in [0.2, 0.25) is 15.9 Å². The molecule has 1 heterocycles. The first-order chi connectivity index (χ1) is 14.0. The summed E-state index contributed by atoms with van der Waals surface area (Å²) in [6.45, 7) is 5.56. The van der Waals surface area contributed by atoms with E-state index in [1.807, 2.05) is 18.7 Å². The standard InChI is InChI=1S/C20H28F3N3O3S/c1-13-11-24-12-14(2)26(13)19(27)15-3-7-17(8-4-15)25-30(28,29)18-9-5-16(6-10-18)20(21,22)23/h5-6,9-10,13-15,17,24-25H,3-4,7-8,11-12H2,1-2H3/t13-,14+,15-,17-. The van der Waals surface area contributed by atoms with Crippen molar-refractivity contribution in [1.82, 2.24) is 14.9 Å². The lowest BCUT2D eigenvalue weighted by Crippen LogP contribution is -2.58. The van der Waals surface area contributed by atoms with Crippen LogP contribution in [0.5, 0.6) is 0 Å². The van der Waals surface area contributed by atoms with Gasteiger partial charge in [-0.2, -0.15) is 13.2 Å². The fourth-order valence-corrected chi connectivity index (χ4v) is 5.65. The highest BCUT2D eigenvalue weighted by atomic mass is 32.2. The molecule has 1 saturated carbocycles. The number of hydrogen-bond acceptors (Lipinski definition) is 4. The Morgan fingerprint density at radius 3 is 2.07 bits per heavy atom. The summed E-state index contributed by atoms with van der Waals surface area (Å²) >= 11 is 0. The average Bonchev–Trinajstić information content (AvgIpc) is 2.67. The van der Waals surface area contributed by atoms with E-state index in [-0.39, 0.29) is 34.8 Å². The van der Waals surface area contributed by atoms with Crippen LogP contribution in [0, 0.1) is 5.92 Å². The van der Waals surface area contributed by atoms with Gasteiger partial charge in [-0.05, 0) is 63.8 Å². The lowest BCUT2D eigenvalue weighted by molar-refractivity contribution is -0.142. The van der Waals surface area contributed by atoms with Gasteiger partial charge in [-0.1, -0.05) is 0 Å². The number of piperazine rings is 1. The maximum absolute atomic E-state index is 13.0. The molecule has 0 unspecified atom stereocenters. The summed E-state index contributed by atoms with van der Waals surface area (Å²) in [5.41, 5.74) is -0.892. The molecular formula is C20H28F3N3O3S. The van der Waals surface area contributed by atoms with E-state index >= 15 is 0 Å². The molecule has 1 aromatic carbocycles. The van der Waals surface area contributed by atoms with Crippen LogP contribution in [0.25, 0.3) is 0 Å². The van der Waals surface area contributed by atoms with Gasteiger partial charge in [-0.15, -0.1) is 0 Å². The smallest absolute Gasteiger partial charge is 0.334 e. The van der Waals surface area contributed by atoms with Gasteiger partial charge >= 0.3 is 6.18 Å². The minimum Gasteiger partial charge on any atom is -0.334 e. The molecule has 2 aliphatic rings. The summed E-state index contributed by atoms with van der Waals surface area (Å²) in [4.78, 5) is 14.7. The van der Waals surface area contributed by atoms with Crippen molar-refractivity contribution in [3.05, 3.63) is 29.8 Å². The van der Waals surface area contributed by atoms with E-state index in [0.717, 1.165) is 37.4 Å². The molecule has 0 aromatic heterocycles. The lowest BCUT2D eigenvalue weighted by atomic mass is 9.85. The first-order valence-corrected chi connectivity index (χ1v) is 11.7. The molecule has 3 rings (SSSR count). The normalized spacial score (nSPS) is 28.4. The van der Waals surface area contributed by atoms with Crippen LogP contribution in [0.4, 0.5) is 13.2 Å². The highest BCUT2D eigenvalue weighted by Crippen LogP contribution is 2.31. The van der Waals surface area contributed by atoms with Crippen LogP contribution in [-0.4, -0.2) is 50.4 Å². The van der Waals surface area contributed by atoms with E-state index in [9.17, 15) is 26.4 Å². The van der Waals surface area contributed by atoms with Gasteiger partial charge in [-0.25, -0.2) is 13.1 Å². The molecule has 1 amide bonds. The minimum atomic E-state index is -4.51. The van der Waals surface area contributed by atoms with Crippen LogP contribution in [0.3, 0.4) is 0 Å². The Bertz CT molecular complexity index is 840. The first kappa shape index (κ1) is 23.0. The van der Waals surface area contributed by atoms with Crippen molar-refractivity contribution < 1.29 is 26.4 Å². The predicted octanol–water partition coefficient (Wildman–Crippen LogP) is 2.75. The SMILES string of the molecule is C[C@@H]1CNC[C@H](C)N1C(=O)[C@H]1CC[C@H](NS(=O)(=O)c2ccc(C(F)(F)F)cc2)CC1. The fraction of sp³-hybridized carbons (Fsp3) is 0.650.